The van der Waals surface area contributed by atoms with Gasteiger partial charge in [-0.3, -0.25) is 5.41 Å². The Morgan fingerprint density at radius 1 is 1.39 bits per heavy atom. The lowest BCUT2D eigenvalue weighted by Gasteiger charge is -2.24. The molecule has 0 unspecified atom stereocenters. The molecular weight excluding hydrogens is 228 g/mol. The monoisotopic (exact) mass is 246 g/mol. The Labute approximate surface area is 106 Å². The van der Waals surface area contributed by atoms with Gasteiger partial charge in [0.2, 0.25) is 5.96 Å². The van der Waals surface area contributed by atoms with E-state index in [1.54, 1.807) is 0 Å². The molecule has 0 spiro atoms. The fourth-order valence-electron chi connectivity index (χ4n) is 1.96. The van der Waals surface area contributed by atoms with Crippen LogP contribution in [0.15, 0.2) is 18.2 Å². The standard InChI is InChI=1S/C13H18N4O/c1-8-4-3-5-9(2)11(8)17(12(14)15)13(18)16-10-6-7-10/h3-5,10H,6-7H2,1-2H3,(H3,14,15)(H,16,18). The van der Waals surface area contributed by atoms with E-state index in [2.05, 4.69) is 5.32 Å². The molecule has 18 heavy (non-hydrogen) atoms. The second-order valence-electron chi connectivity index (χ2n) is 4.68. The van der Waals surface area contributed by atoms with Crippen LogP contribution in [-0.2, 0) is 0 Å². The summed E-state index contributed by atoms with van der Waals surface area (Å²) in [5, 5.41) is 10.5. The number of nitrogens with zero attached hydrogens (tertiary/aromatic N) is 1. The maximum Gasteiger partial charge on any atom is 0.329 e. The molecule has 5 nitrogen and oxygen atoms in total. The van der Waals surface area contributed by atoms with Gasteiger partial charge >= 0.3 is 6.03 Å². The van der Waals surface area contributed by atoms with Gasteiger partial charge < -0.3 is 11.1 Å². The summed E-state index contributed by atoms with van der Waals surface area (Å²) >= 11 is 0. The number of hydrogen-bond donors (Lipinski definition) is 3. The molecule has 1 aromatic carbocycles. The maximum atomic E-state index is 12.1. The Morgan fingerprint density at radius 2 is 1.94 bits per heavy atom. The number of anilines is 1. The molecule has 2 rings (SSSR count). The highest BCUT2D eigenvalue weighted by Gasteiger charge is 2.28. The number of hydrogen-bond acceptors (Lipinski definition) is 2. The highest BCUT2D eigenvalue weighted by molar-refractivity contribution is 6.14. The van der Waals surface area contributed by atoms with Crippen LogP contribution in [0.5, 0.6) is 0 Å². The molecule has 0 aromatic heterocycles. The molecule has 0 bridgehead atoms. The minimum atomic E-state index is -0.317. The zero-order chi connectivity index (χ0) is 13.3. The van der Waals surface area contributed by atoms with E-state index in [0.717, 1.165) is 24.0 Å². The van der Waals surface area contributed by atoms with E-state index in [1.807, 2.05) is 32.0 Å². The van der Waals surface area contributed by atoms with Crippen LogP contribution in [0.4, 0.5) is 10.5 Å². The second-order valence-corrected chi connectivity index (χ2v) is 4.68. The summed E-state index contributed by atoms with van der Waals surface area (Å²) in [5.41, 5.74) is 8.10. The molecule has 1 fully saturated rings. The van der Waals surface area contributed by atoms with Crippen molar-refractivity contribution in [2.24, 2.45) is 5.73 Å². The number of aryl methyl sites for hydroxylation is 2. The molecule has 1 saturated carbocycles. The fourth-order valence-corrected chi connectivity index (χ4v) is 1.96. The van der Waals surface area contributed by atoms with Gasteiger partial charge in [-0.05, 0) is 37.8 Å². The molecule has 4 N–H and O–H groups in total. The number of carbonyl (C=O) groups excluding carboxylic acids is 1. The van der Waals surface area contributed by atoms with Gasteiger partial charge in [-0.1, -0.05) is 18.2 Å². The van der Waals surface area contributed by atoms with E-state index in [1.165, 1.54) is 4.90 Å². The fraction of sp³-hybridized carbons (Fsp3) is 0.385. The van der Waals surface area contributed by atoms with E-state index in [4.69, 9.17) is 11.1 Å². The van der Waals surface area contributed by atoms with E-state index < -0.39 is 0 Å². The number of nitrogens with one attached hydrogen (secondary N) is 2. The van der Waals surface area contributed by atoms with Crippen molar-refractivity contribution >= 4 is 17.7 Å². The first-order chi connectivity index (χ1) is 8.50. The first-order valence-corrected chi connectivity index (χ1v) is 6.01. The third-order valence-electron chi connectivity index (χ3n) is 3.01. The minimum absolute atomic E-state index is 0.240. The molecular formula is C13H18N4O. The van der Waals surface area contributed by atoms with Crippen molar-refractivity contribution in [3.8, 4) is 0 Å². The normalized spacial score (nSPS) is 14.1. The van der Waals surface area contributed by atoms with E-state index in [0.29, 0.717) is 5.69 Å². The van der Waals surface area contributed by atoms with Crippen molar-refractivity contribution in [2.45, 2.75) is 32.7 Å². The lowest BCUT2D eigenvalue weighted by Crippen LogP contribution is -2.48. The zero-order valence-electron chi connectivity index (χ0n) is 10.7. The number of guanidine groups is 1. The van der Waals surface area contributed by atoms with Crippen molar-refractivity contribution in [1.82, 2.24) is 5.32 Å². The van der Waals surface area contributed by atoms with E-state index >= 15 is 0 Å². The molecule has 2 amide bonds. The smallest absolute Gasteiger partial charge is 0.329 e. The summed E-state index contributed by atoms with van der Waals surface area (Å²) in [4.78, 5) is 13.4. The van der Waals surface area contributed by atoms with Gasteiger partial charge in [0, 0.05) is 6.04 Å². The van der Waals surface area contributed by atoms with Crippen LogP contribution in [0.3, 0.4) is 0 Å². The quantitative estimate of drug-likeness (QED) is 0.550. The molecule has 0 atom stereocenters. The second kappa shape index (κ2) is 4.68. The number of rotatable bonds is 2. The summed E-state index contributed by atoms with van der Waals surface area (Å²) in [6, 6.07) is 5.66. The topological polar surface area (TPSA) is 82.2 Å². The summed E-state index contributed by atoms with van der Waals surface area (Å²) in [7, 11) is 0. The van der Waals surface area contributed by atoms with Crippen LogP contribution in [-0.4, -0.2) is 18.0 Å². The number of nitrogens with two attached hydrogens (primary N) is 1. The van der Waals surface area contributed by atoms with Crippen molar-refractivity contribution in [3.05, 3.63) is 29.3 Å². The molecule has 0 saturated heterocycles. The van der Waals surface area contributed by atoms with Crippen molar-refractivity contribution in [1.29, 1.82) is 5.41 Å². The van der Waals surface area contributed by atoms with Crippen molar-refractivity contribution in [2.75, 3.05) is 4.90 Å². The number of benzene rings is 1. The van der Waals surface area contributed by atoms with Gasteiger partial charge in [0.1, 0.15) is 0 Å². The number of para-hydroxylation sites is 1. The molecule has 5 heteroatoms. The van der Waals surface area contributed by atoms with E-state index in [-0.39, 0.29) is 18.0 Å². The zero-order valence-corrected chi connectivity index (χ0v) is 10.7. The molecule has 96 valence electrons. The average Bonchev–Trinajstić information content (AvgIpc) is 3.06. The van der Waals surface area contributed by atoms with Gasteiger partial charge in [0.15, 0.2) is 0 Å². The third kappa shape index (κ3) is 2.45. The number of amides is 2. The summed E-state index contributed by atoms with van der Waals surface area (Å²) in [6.07, 6.45) is 2.01. The predicted octanol–water partition coefficient (Wildman–Crippen LogP) is 1.88. The van der Waals surface area contributed by atoms with Gasteiger partial charge in [0.25, 0.3) is 0 Å². The molecule has 0 heterocycles. The van der Waals surface area contributed by atoms with Crippen molar-refractivity contribution < 1.29 is 4.79 Å². The lowest BCUT2D eigenvalue weighted by atomic mass is 10.1. The van der Waals surface area contributed by atoms with Crippen LogP contribution in [0.25, 0.3) is 0 Å². The maximum absolute atomic E-state index is 12.1. The first kappa shape index (κ1) is 12.4. The molecule has 1 aromatic rings. The van der Waals surface area contributed by atoms with Gasteiger partial charge in [-0.15, -0.1) is 0 Å². The van der Waals surface area contributed by atoms with Crippen LogP contribution in [0.1, 0.15) is 24.0 Å². The largest absolute Gasteiger partial charge is 0.369 e. The highest BCUT2D eigenvalue weighted by Crippen LogP contribution is 2.26. The molecule has 0 aliphatic heterocycles. The summed E-state index contributed by atoms with van der Waals surface area (Å²) < 4.78 is 0. The highest BCUT2D eigenvalue weighted by atomic mass is 16.2. The van der Waals surface area contributed by atoms with E-state index in [9.17, 15) is 4.79 Å². The first-order valence-electron chi connectivity index (χ1n) is 6.01. The Morgan fingerprint density at radius 3 is 2.39 bits per heavy atom. The number of carbonyl (C=O) groups is 1. The molecule has 1 aliphatic carbocycles. The SMILES string of the molecule is Cc1cccc(C)c1N(C(=N)N)C(=O)NC1CC1. The van der Waals surface area contributed by atoms with Gasteiger partial charge in [-0.25, -0.2) is 9.69 Å². The average molecular weight is 246 g/mol. The van der Waals surface area contributed by atoms with Crippen LogP contribution in [0.2, 0.25) is 0 Å². The molecule has 0 radical (unpaired) electrons. The lowest BCUT2D eigenvalue weighted by molar-refractivity contribution is 0.248. The van der Waals surface area contributed by atoms with Crippen molar-refractivity contribution in [3.63, 3.8) is 0 Å². The third-order valence-corrected chi connectivity index (χ3v) is 3.01. The van der Waals surface area contributed by atoms with Crippen LogP contribution in [0, 0.1) is 19.3 Å². The molecule has 1 aliphatic rings. The Kier molecular flexibility index (Phi) is 3.23. The number of urea groups is 1. The summed E-state index contributed by atoms with van der Waals surface area (Å²) in [5.74, 6) is -0.259. The Bertz CT molecular complexity index is 474. The van der Waals surface area contributed by atoms with Gasteiger partial charge in [-0.2, -0.15) is 0 Å². The van der Waals surface area contributed by atoms with Crippen LogP contribution < -0.4 is 16.0 Å². The summed E-state index contributed by atoms with van der Waals surface area (Å²) in [6.45, 7) is 3.81. The Balaban J connectivity index is 2.34. The van der Waals surface area contributed by atoms with Gasteiger partial charge in [0.05, 0.1) is 5.69 Å². The minimum Gasteiger partial charge on any atom is -0.369 e. The predicted molar refractivity (Wildman–Crippen MR) is 71.9 cm³/mol. The Hall–Kier alpha value is -2.04. The van der Waals surface area contributed by atoms with Crippen LogP contribution >= 0.6 is 0 Å².